The fourth-order valence-corrected chi connectivity index (χ4v) is 1.54. The van der Waals surface area contributed by atoms with Crippen LogP contribution in [0, 0.1) is 12.7 Å². The largest absolute Gasteiger partial charge is 0.464 e. The van der Waals surface area contributed by atoms with Gasteiger partial charge in [0.25, 0.3) is 0 Å². The van der Waals surface area contributed by atoms with Crippen LogP contribution in [0.15, 0.2) is 23.2 Å². The average molecular weight is 296 g/mol. The minimum atomic E-state index is -0.858. The van der Waals surface area contributed by atoms with E-state index in [4.69, 9.17) is 0 Å². The van der Waals surface area contributed by atoms with Crippen LogP contribution in [-0.2, 0) is 19.1 Å². The highest BCUT2D eigenvalue weighted by molar-refractivity contribution is 6.64. The normalized spacial score (nSPS) is 11.1. The van der Waals surface area contributed by atoms with Gasteiger partial charge in [0.1, 0.15) is 19.1 Å². The number of carbonyl (C=O) groups excluding carboxylic acids is 2. The summed E-state index contributed by atoms with van der Waals surface area (Å²) in [6.07, 6.45) is 0. The lowest BCUT2D eigenvalue weighted by atomic mass is 10.2. The molecule has 0 aliphatic carbocycles. The van der Waals surface area contributed by atoms with E-state index in [0.29, 0.717) is 0 Å². The molecule has 0 aromatic heterocycles. The number of nitrogens with one attached hydrogen (secondary N) is 1. The van der Waals surface area contributed by atoms with E-state index < -0.39 is 17.6 Å². The number of ether oxygens (including phenoxy) is 2. The summed E-state index contributed by atoms with van der Waals surface area (Å²) in [6.45, 7) is 1.39. The summed E-state index contributed by atoms with van der Waals surface area (Å²) in [4.78, 5) is 26.9. The Bertz CT molecular complexity index is 558. The van der Waals surface area contributed by atoms with Crippen molar-refractivity contribution in [2.75, 3.05) is 32.8 Å². The van der Waals surface area contributed by atoms with Crippen LogP contribution in [0.5, 0.6) is 0 Å². The molecule has 0 atom stereocenters. The van der Waals surface area contributed by atoms with Gasteiger partial charge in [-0.2, -0.15) is 0 Å². The van der Waals surface area contributed by atoms with Crippen molar-refractivity contribution in [1.82, 2.24) is 0 Å². The van der Waals surface area contributed by atoms with E-state index in [2.05, 4.69) is 19.8 Å². The van der Waals surface area contributed by atoms with Crippen LogP contribution in [0.25, 0.3) is 0 Å². The third kappa shape index (κ3) is 4.96. The Kier molecular flexibility index (Phi) is 6.48. The third-order valence-electron chi connectivity index (χ3n) is 2.55. The molecule has 0 bridgehead atoms. The molecule has 0 unspecified atom stereocenters. The second-order valence-electron chi connectivity index (χ2n) is 4.17. The molecular weight excluding hydrogens is 279 g/mol. The van der Waals surface area contributed by atoms with Crippen molar-refractivity contribution in [3.8, 4) is 0 Å². The number of aryl methyl sites for hydroxylation is 1. The number of rotatable bonds is 7. The highest BCUT2D eigenvalue weighted by atomic mass is 19.1. The summed E-state index contributed by atoms with van der Waals surface area (Å²) in [6, 6.07) is 4.55. The maximum absolute atomic E-state index is 13.5. The Labute approximate surface area is 122 Å². The number of nitrogens with zero attached hydrogens (tertiary/aromatic N) is 1. The lowest BCUT2D eigenvalue weighted by Gasteiger charge is -2.07. The van der Waals surface area contributed by atoms with Crippen molar-refractivity contribution in [1.29, 1.82) is 0 Å². The molecule has 0 radical (unpaired) electrons. The van der Waals surface area contributed by atoms with Gasteiger partial charge in [-0.25, -0.2) is 9.18 Å². The topological polar surface area (TPSA) is 77.0 Å². The Morgan fingerprint density at radius 3 is 2.67 bits per heavy atom. The van der Waals surface area contributed by atoms with E-state index in [1.807, 2.05) is 6.92 Å². The summed E-state index contributed by atoms with van der Waals surface area (Å²) in [7, 11) is 2.47. The number of esters is 1. The fourth-order valence-electron chi connectivity index (χ4n) is 1.54. The lowest BCUT2D eigenvalue weighted by Crippen LogP contribution is -2.29. The smallest absolute Gasteiger partial charge is 0.360 e. The second kappa shape index (κ2) is 8.11. The number of halogens is 1. The van der Waals surface area contributed by atoms with Crippen LogP contribution < -0.4 is 5.32 Å². The SMILES string of the molecule is COCC(=O)/C(=N\CNc1cc(C)ccc1F)C(=O)OC. The van der Waals surface area contributed by atoms with Gasteiger partial charge in [0.2, 0.25) is 5.78 Å². The highest BCUT2D eigenvalue weighted by Crippen LogP contribution is 2.15. The van der Waals surface area contributed by atoms with Gasteiger partial charge in [-0.15, -0.1) is 0 Å². The maximum atomic E-state index is 13.5. The van der Waals surface area contributed by atoms with E-state index in [-0.39, 0.29) is 24.7 Å². The van der Waals surface area contributed by atoms with Gasteiger partial charge in [0.15, 0.2) is 5.71 Å². The van der Waals surface area contributed by atoms with Crippen molar-refractivity contribution in [3.05, 3.63) is 29.6 Å². The molecule has 21 heavy (non-hydrogen) atoms. The molecule has 7 heteroatoms. The standard InChI is InChI=1S/C14H17FN2O4/c1-9-4-5-10(15)11(6-9)16-8-17-13(14(19)21-3)12(18)7-20-2/h4-6,16H,7-8H2,1-3H3/b17-13+. The van der Waals surface area contributed by atoms with Crippen LogP contribution in [0.1, 0.15) is 5.56 Å². The molecule has 114 valence electrons. The van der Waals surface area contributed by atoms with Gasteiger partial charge < -0.3 is 14.8 Å². The first kappa shape index (κ1) is 16.8. The van der Waals surface area contributed by atoms with Crippen LogP contribution in [0.4, 0.5) is 10.1 Å². The van der Waals surface area contributed by atoms with Crippen molar-refractivity contribution in [3.63, 3.8) is 0 Å². The van der Waals surface area contributed by atoms with Crippen molar-refractivity contribution in [2.45, 2.75) is 6.92 Å². The van der Waals surface area contributed by atoms with E-state index in [1.54, 1.807) is 12.1 Å². The first-order valence-corrected chi connectivity index (χ1v) is 6.14. The first-order chi connectivity index (χ1) is 9.99. The van der Waals surface area contributed by atoms with Gasteiger partial charge in [-0.3, -0.25) is 9.79 Å². The zero-order valence-corrected chi connectivity index (χ0v) is 12.1. The van der Waals surface area contributed by atoms with Crippen molar-refractivity contribution >= 4 is 23.2 Å². The number of anilines is 1. The van der Waals surface area contributed by atoms with Gasteiger partial charge >= 0.3 is 5.97 Å². The molecule has 0 aliphatic rings. The third-order valence-corrected chi connectivity index (χ3v) is 2.55. The summed E-state index contributed by atoms with van der Waals surface area (Å²) in [5, 5.41) is 2.70. The molecule has 1 N–H and O–H groups in total. The molecular formula is C14H17FN2O4. The monoisotopic (exact) mass is 296 g/mol. The molecule has 0 fully saturated rings. The van der Waals surface area contributed by atoms with Gasteiger partial charge in [-0.1, -0.05) is 6.07 Å². The first-order valence-electron chi connectivity index (χ1n) is 6.14. The Hall–Kier alpha value is -2.28. The van der Waals surface area contributed by atoms with Gasteiger partial charge in [-0.05, 0) is 24.6 Å². The summed E-state index contributed by atoms with van der Waals surface area (Å²) in [5.74, 6) is -1.90. The number of carbonyl (C=O) groups is 2. The van der Waals surface area contributed by atoms with Gasteiger partial charge in [0.05, 0.1) is 12.8 Å². The number of ketones is 1. The summed E-state index contributed by atoms with van der Waals surface area (Å²) in [5.41, 5.74) is 0.730. The maximum Gasteiger partial charge on any atom is 0.360 e. The van der Waals surface area contributed by atoms with Crippen LogP contribution in [-0.4, -0.2) is 45.0 Å². The molecule has 0 spiro atoms. The molecule has 0 amide bonds. The zero-order chi connectivity index (χ0) is 15.8. The highest BCUT2D eigenvalue weighted by Gasteiger charge is 2.20. The number of aliphatic imine (C=N–C) groups is 1. The molecule has 0 aliphatic heterocycles. The molecule has 0 heterocycles. The minimum Gasteiger partial charge on any atom is -0.464 e. The predicted octanol–water partition coefficient (Wildman–Crippen LogP) is 1.33. The Balaban J connectivity index is 2.80. The zero-order valence-electron chi connectivity index (χ0n) is 12.1. The molecule has 6 nitrogen and oxygen atoms in total. The van der Waals surface area contributed by atoms with E-state index in [9.17, 15) is 14.0 Å². The van der Waals surface area contributed by atoms with E-state index in [0.717, 1.165) is 12.7 Å². The van der Waals surface area contributed by atoms with Crippen LogP contribution >= 0.6 is 0 Å². The molecule has 0 saturated carbocycles. The predicted molar refractivity (Wildman–Crippen MR) is 76.0 cm³/mol. The minimum absolute atomic E-state index is 0.139. The van der Waals surface area contributed by atoms with Crippen molar-refractivity contribution in [2.24, 2.45) is 4.99 Å². The molecule has 0 saturated heterocycles. The number of hydrogen-bond donors (Lipinski definition) is 1. The number of benzene rings is 1. The lowest BCUT2D eigenvalue weighted by molar-refractivity contribution is -0.133. The molecule has 1 rings (SSSR count). The number of Topliss-reactive ketones (excluding diaryl/α,β-unsaturated/α-hetero) is 1. The molecule has 1 aromatic rings. The van der Waals surface area contributed by atoms with Crippen LogP contribution in [0.2, 0.25) is 0 Å². The number of hydrogen-bond acceptors (Lipinski definition) is 6. The van der Waals surface area contributed by atoms with Gasteiger partial charge in [0, 0.05) is 7.11 Å². The molecule has 1 aromatic carbocycles. The van der Waals surface area contributed by atoms with Crippen LogP contribution in [0.3, 0.4) is 0 Å². The quantitative estimate of drug-likeness (QED) is 0.467. The second-order valence-corrected chi connectivity index (χ2v) is 4.17. The average Bonchev–Trinajstić information content (AvgIpc) is 2.46. The fraction of sp³-hybridized carbons (Fsp3) is 0.357. The van der Waals surface area contributed by atoms with E-state index in [1.165, 1.54) is 13.2 Å². The summed E-state index contributed by atoms with van der Waals surface area (Å²) < 4.78 is 22.6. The van der Waals surface area contributed by atoms with Crippen molar-refractivity contribution < 1.29 is 23.5 Å². The Morgan fingerprint density at radius 1 is 1.33 bits per heavy atom. The van der Waals surface area contributed by atoms with E-state index >= 15 is 0 Å². The number of methoxy groups -OCH3 is 2. The summed E-state index contributed by atoms with van der Waals surface area (Å²) >= 11 is 0. The Morgan fingerprint density at radius 2 is 2.05 bits per heavy atom.